The third kappa shape index (κ3) is 1.95. The van der Waals surface area contributed by atoms with Gasteiger partial charge < -0.3 is 5.11 Å². The molecule has 0 fully saturated rings. The van der Waals surface area contributed by atoms with Crippen LogP contribution in [0.1, 0.15) is 36.7 Å². The van der Waals surface area contributed by atoms with Gasteiger partial charge >= 0.3 is 5.97 Å². The maximum atomic E-state index is 10.6. The summed E-state index contributed by atoms with van der Waals surface area (Å²) in [4.78, 5) is 10.6. The Hall–Kier alpha value is -1.32. The Morgan fingerprint density at radius 2 is 2.14 bits per heavy atom. The first-order valence-electron chi connectivity index (χ1n) is 4.67. The van der Waals surface area contributed by atoms with Crippen LogP contribution in [0.2, 0.25) is 0 Å². The lowest BCUT2D eigenvalue weighted by Gasteiger charge is -2.05. The molecule has 0 atom stereocenters. The Labute approximate surface area is 83.5 Å². The molecule has 1 rings (SSSR count). The Kier molecular flexibility index (Phi) is 2.93. The highest BCUT2D eigenvalue weighted by Crippen LogP contribution is 2.22. The first-order chi connectivity index (χ1) is 6.43. The van der Waals surface area contributed by atoms with Crippen LogP contribution in [-0.2, 0) is 18.3 Å². The molecule has 4 heteroatoms. The molecule has 14 heavy (non-hydrogen) atoms. The van der Waals surface area contributed by atoms with Crippen LogP contribution in [0.15, 0.2) is 0 Å². The van der Waals surface area contributed by atoms with Gasteiger partial charge in [0.1, 0.15) is 0 Å². The highest BCUT2D eigenvalue weighted by molar-refractivity contribution is 5.70. The topological polar surface area (TPSA) is 55.1 Å². The Balaban J connectivity index is 3.15. The minimum absolute atomic E-state index is 0.00912. The first kappa shape index (κ1) is 10.8. The maximum absolute atomic E-state index is 10.6. The molecule has 78 valence electrons. The zero-order valence-electron chi connectivity index (χ0n) is 9.03. The number of hydrogen-bond acceptors (Lipinski definition) is 2. The lowest BCUT2D eigenvalue weighted by atomic mass is 9.99. The molecule has 0 saturated carbocycles. The number of carboxylic acid groups (broad SMARTS) is 1. The summed E-state index contributed by atoms with van der Waals surface area (Å²) in [6.45, 7) is 6.07. The number of carbonyl (C=O) groups is 1. The van der Waals surface area contributed by atoms with Crippen molar-refractivity contribution < 1.29 is 9.90 Å². The van der Waals surface area contributed by atoms with Crippen molar-refractivity contribution in [3.05, 3.63) is 17.0 Å². The van der Waals surface area contributed by atoms with E-state index < -0.39 is 5.97 Å². The van der Waals surface area contributed by atoms with Crippen molar-refractivity contribution in [2.75, 3.05) is 0 Å². The largest absolute Gasteiger partial charge is 0.481 e. The van der Waals surface area contributed by atoms with Crippen LogP contribution >= 0.6 is 0 Å². The van der Waals surface area contributed by atoms with Crippen molar-refractivity contribution in [2.45, 2.75) is 33.1 Å². The average molecular weight is 196 g/mol. The van der Waals surface area contributed by atoms with Gasteiger partial charge in [-0.2, -0.15) is 5.10 Å². The molecule has 0 aliphatic rings. The monoisotopic (exact) mass is 196 g/mol. The molecule has 0 aliphatic heterocycles. The molecular weight excluding hydrogens is 180 g/mol. The summed E-state index contributed by atoms with van der Waals surface area (Å²) in [7, 11) is 1.84. The summed E-state index contributed by atoms with van der Waals surface area (Å²) in [5.41, 5.74) is 2.80. The SMILES string of the molecule is Cc1c(C(C)C)c(CC(=O)O)nn1C. The second kappa shape index (κ2) is 3.82. The van der Waals surface area contributed by atoms with Crippen molar-refractivity contribution in [1.82, 2.24) is 9.78 Å². The van der Waals surface area contributed by atoms with E-state index in [1.54, 1.807) is 4.68 Å². The molecular formula is C10H16N2O2. The Morgan fingerprint density at radius 1 is 1.57 bits per heavy atom. The van der Waals surface area contributed by atoms with Gasteiger partial charge in [0.05, 0.1) is 12.1 Å². The van der Waals surface area contributed by atoms with E-state index in [1.165, 1.54) is 0 Å². The molecule has 0 unspecified atom stereocenters. The summed E-state index contributed by atoms with van der Waals surface area (Å²) < 4.78 is 1.74. The minimum Gasteiger partial charge on any atom is -0.481 e. The Bertz CT molecular complexity index is 353. The predicted octanol–water partition coefficient (Wildman–Crippen LogP) is 1.48. The minimum atomic E-state index is -0.829. The summed E-state index contributed by atoms with van der Waals surface area (Å²) >= 11 is 0. The number of hydrogen-bond donors (Lipinski definition) is 1. The van der Waals surface area contributed by atoms with Gasteiger partial charge in [0, 0.05) is 12.7 Å². The summed E-state index contributed by atoms with van der Waals surface area (Å²) in [6, 6.07) is 0. The molecule has 1 aromatic heterocycles. The van der Waals surface area contributed by atoms with E-state index in [0.717, 1.165) is 11.3 Å². The molecule has 0 aliphatic carbocycles. The lowest BCUT2D eigenvalue weighted by molar-refractivity contribution is -0.136. The zero-order valence-corrected chi connectivity index (χ0v) is 9.03. The van der Waals surface area contributed by atoms with Gasteiger partial charge in [0.2, 0.25) is 0 Å². The zero-order chi connectivity index (χ0) is 10.9. The number of aryl methyl sites for hydroxylation is 1. The van der Waals surface area contributed by atoms with Crippen molar-refractivity contribution >= 4 is 5.97 Å². The number of aromatic nitrogens is 2. The fourth-order valence-corrected chi connectivity index (χ4v) is 1.72. The first-order valence-corrected chi connectivity index (χ1v) is 4.67. The molecule has 0 bridgehead atoms. The van der Waals surface area contributed by atoms with Crippen molar-refractivity contribution in [3.8, 4) is 0 Å². The Morgan fingerprint density at radius 3 is 2.57 bits per heavy atom. The average Bonchev–Trinajstić information content (AvgIpc) is 2.26. The van der Waals surface area contributed by atoms with Crippen LogP contribution in [0.3, 0.4) is 0 Å². The van der Waals surface area contributed by atoms with Gasteiger partial charge in [0.15, 0.2) is 0 Å². The van der Waals surface area contributed by atoms with Crippen LogP contribution < -0.4 is 0 Å². The smallest absolute Gasteiger partial charge is 0.309 e. The van der Waals surface area contributed by atoms with Gasteiger partial charge in [-0.25, -0.2) is 0 Å². The van der Waals surface area contributed by atoms with Crippen LogP contribution in [-0.4, -0.2) is 20.9 Å². The van der Waals surface area contributed by atoms with Crippen LogP contribution in [0.5, 0.6) is 0 Å². The molecule has 0 saturated heterocycles. The second-order valence-corrected chi connectivity index (χ2v) is 3.79. The maximum Gasteiger partial charge on any atom is 0.309 e. The number of rotatable bonds is 3. The van der Waals surface area contributed by atoms with Crippen molar-refractivity contribution in [3.63, 3.8) is 0 Å². The van der Waals surface area contributed by atoms with E-state index >= 15 is 0 Å². The number of carboxylic acids is 1. The lowest BCUT2D eigenvalue weighted by Crippen LogP contribution is -2.04. The van der Waals surface area contributed by atoms with Gasteiger partial charge in [-0.3, -0.25) is 9.48 Å². The standard InChI is InChI=1S/C10H16N2O2/c1-6(2)10-7(3)12(4)11-8(10)5-9(13)14/h6H,5H2,1-4H3,(H,13,14). The number of aliphatic carboxylic acids is 1. The molecule has 0 radical (unpaired) electrons. The van der Waals surface area contributed by atoms with E-state index in [9.17, 15) is 4.79 Å². The highest BCUT2D eigenvalue weighted by Gasteiger charge is 2.17. The van der Waals surface area contributed by atoms with Gasteiger partial charge in [-0.1, -0.05) is 13.8 Å². The van der Waals surface area contributed by atoms with Crippen molar-refractivity contribution in [1.29, 1.82) is 0 Å². The number of nitrogens with zero attached hydrogens (tertiary/aromatic N) is 2. The van der Waals surface area contributed by atoms with Crippen LogP contribution in [0.4, 0.5) is 0 Å². The summed E-state index contributed by atoms with van der Waals surface area (Å²) in [6.07, 6.45) is 0.00912. The normalized spacial score (nSPS) is 10.9. The molecule has 4 nitrogen and oxygen atoms in total. The van der Waals surface area contributed by atoms with Crippen molar-refractivity contribution in [2.24, 2.45) is 7.05 Å². The second-order valence-electron chi connectivity index (χ2n) is 3.79. The summed E-state index contributed by atoms with van der Waals surface area (Å²) in [5.74, 6) is -0.511. The predicted molar refractivity (Wildman–Crippen MR) is 53.4 cm³/mol. The summed E-state index contributed by atoms with van der Waals surface area (Å²) in [5, 5.41) is 12.9. The van der Waals surface area contributed by atoms with E-state index in [0.29, 0.717) is 11.6 Å². The third-order valence-corrected chi connectivity index (χ3v) is 2.35. The molecule has 0 amide bonds. The third-order valence-electron chi connectivity index (χ3n) is 2.35. The van der Waals surface area contributed by atoms with E-state index in [1.807, 2.05) is 14.0 Å². The van der Waals surface area contributed by atoms with Crippen LogP contribution in [0.25, 0.3) is 0 Å². The molecule has 1 heterocycles. The molecule has 1 aromatic rings. The fraction of sp³-hybridized carbons (Fsp3) is 0.600. The van der Waals surface area contributed by atoms with E-state index in [-0.39, 0.29) is 6.42 Å². The van der Waals surface area contributed by atoms with Gasteiger partial charge in [-0.05, 0) is 18.4 Å². The van der Waals surface area contributed by atoms with Gasteiger partial charge in [0.25, 0.3) is 0 Å². The quantitative estimate of drug-likeness (QED) is 0.796. The van der Waals surface area contributed by atoms with E-state index in [4.69, 9.17) is 5.11 Å². The van der Waals surface area contributed by atoms with E-state index in [2.05, 4.69) is 18.9 Å². The molecule has 1 N–H and O–H groups in total. The molecule has 0 spiro atoms. The van der Waals surface area contributed by atoms with Gasteiger partial charge in [-0.15, -0.1) is 0 Å². The van der Waals surface area contributed by atoms with Crippen LogP contribution in [0, 0.1) is 6.92 Å². The molecule has 0 aromatic carbocycles. The fourth-order valence-electron chi connectivity index (χ4n) is 1.72. The highest BCUT2D eigenvalue weighted by atomic mass is 16.4.